The molecule has 0 fully saturated rings. The number of anilines is 2. The highest BCUT2D eigenvalue weighted by Crippen LogP contribution is 2.44. The molecule has 0 saturated heterocycles. The van der Waals surface area contributed by atoms with Gasteiger partial charge in [0.15, 0.2) is 0 Å². The Morgan fingerprint density at radius 1 is 0.344 bits per heavy atom. The average molecular weight is 1370 g/mol. The van der Waals surface area contributed by atoms with E-state index in [1.54, 1.807) is 0 Å². The van der Waals surface area contributed by atoms with Crippen molar-refractivity contribution in [1.29, 1.82) is 0 Å². The van der Waals surface area contributed by atoms with Gasteiger partial charge in [0.1, 0.15) is 0 Å². The first-order valence-electron chi connectivity index (χ1n) is 31.8. The minimum absolute atomic E-state index is 0.0562. The number of phosphoric ester groups is 3. The van der Waals surface area contributed by atoms with Gasteiger partial charge in [-0.25, -0.2) is 13.7 Å². The highest BCUT2D eigenvalue weighted by Gasteiger charge is 2.23. The van der Waals surface area contributed by atoms with Crippen molar-refractivity contribution in [2.75, 3.05) is 210 Å². The number of unbranched alkanes of at least 4 members (excludes halogenated alkanes) is 6. The molecule has 0 radical (unpaired) electrons. The van der Waals surface area contributed by atoms with Crippen LogP contribution >= 0.6 is 23.5 Å². The van der Waals surface area contributed by atoms with Gasteiger partial charge in [-0.15, -0.1) is 0 Å². The van der Waals surface area contributed by atoms with Crippen molar-refractivity contribution in [3.8, 4) is 23.7 Å². The van der Waals surface area contributed by atoms with Crippen LogP contribution in [0.2, 0.25) is 0 Å². The molecule has 27 heteroatoms. The van der Waals surface area contributed by atoms with Gasteiger partial charge in [-0.2, -0.15) is 0 Å². The highest BCUT2D eigenvalue weighted by molar-refractivity contribution is 7.47. The van der Waals surface area contributed by atoms with Crippen LogP contribution in [0, 0.1) is 23.7 Å². The van der Waals surface area contributed by atoms with Crippen molar-refractivity contribution in [3.05, 3.63) is 107 Å². The molecule has 4 aromatic carbocycles. The van der Waals surface area contributed by atoms with Crippen LogP contribution in [0.1, 0.15) is 86.1 Å². The van der Waals surface area contributed by atoms with E-state index < -0.39 is 23.5 Å². The summed E-state index contributed by atoms with van der Waals surface area (Å²) in [5.41, 5.74) is 7.02. The van der Waals surface area contributed by atoms with Crippen LogP contribution in [0.5, 0.6) is 0 Å². The lowest BCUT2D eigenvalue weighted by molar-refractivity contribution is -0.0171. The fraction of sp³-hybridized carbons (Fsp3) is 0.606. The van der Waals surface area contributed by atoms with Crippen LogP contribution in [0.3, 0.4) is 0 Å². The quantitative estimate of drug-likeness (QED) is 0.0211. The van der Waals surface area contributed by atoms with Crippen LogP contribution in [0.25, 0.3) is 10.8 Å². The Kier molecular flexibility index (Phi) is 43.8. The van der Waals surface area contributed by atoms with Gasteiger partial charge >= 0.3 is 23.5 Å². The van der Waals surface area contributed by atoms with Gasteiger partial charge in [0.2, 0.25) is 0 Å². The maximum atomic E-state index is 12.6. The van der Waals surface area contributed by atoms with Gasteiger partial charge in [0, 0.05) is 61.8 Å². The van der Waals surface area contributed by atoms with E-state index in [0.717, 1.165) is 94.9 Å². The molecular formula is C66H101N2O22P3. The van der Waals surface area contributed by atoms with E-state index in [2.05, 4.69) is 82.9 Å². The second kappa shape index (κ2) is 50.2. The molecule has 0 saturated carbocycles. The number of phosphoric acid groups is 3. The smallest absolute Gasteiger partial charge is 0.378 e. The maximum absolute atomic E-state index is 12.6. The van der Waals surface area contributed by atoms with Crippen molar-refractivity contribution in [3.63, 3.8) is 0 Å². The second-order valence-corrected chi connectivity index (χ2v) is 25.5. The predicted octanol–water partition coefficient (Wildman–Crippen LogP) is 10.0. The number of fused-ring (bicyclic) bond motifs is 1. The van der Waals surface area contributed by atoms with E-state index in [0.29, 0.717) is 92.1 Å². The third-order valence-electron chi connectivity index (χ3n) is 13.3. The second-order valence-electron chi connectivity index (χ2n) is 21.1. The third kappa shape index (κ3) is 39.6. The first kappa shape index (κ1) is 81.2. The molecule has 3 atom stereocenters. The van der Waals surface area contributed by atoms with Crippen LogP contribution in [-0.2, 0) is 94.6 Å². The topological polar surface area (TPSA) is 266 Å². The largest absolute Gasteiger partial charge is 0.472 e. The molecule has 0 aliphatic carbocycles. The molecule has 93 heavy (non-hydrogen) atoms. The lowest BCUT2D eigenvalue weighted by Crippen LogP contribution is -2.15. The number of nitrogens with zero attached hydrogens (tertiary/aromatic N) is 2. The SMILES string of the molecule is CCCCCCCOP(=O)(O)OCCOCCOCCOCCOCCOCCOP(=O)(O)OCCOCCOCCOCCOCCOCCOP(=O)(O)OCCCCCc1cc(C#Cc2ccc(N(C)C)cc2)c2ccccc2c1C#Cc1ccc(N(C)C)cc1. The molecule has 0 spiro atoms. The van der Waals surface area contributed by atoms with E-state index >= 15 is 0 Å². The monoisotopic (exact) mass is 1370 g/mol. The number of rotatable bonds is 56. The molecular weight excluding hydrogens is 1270 g/mol. The van der Waals surface area contributed by atoms with Crippen molar-refractivity contribution in [2.24, 2.45) is 0 Å². The minimum atomic E-state index is -4.28. The lowest BCUT2D eigenvalue weighted by atomic mass is 9.92. The molecule has 3 N–H and O–H groups in total. The van der Waals surface area contributed by atoms with Crippen LogP contribution in [0.4, 0.5) is 11.4 Å². The molecule has 4 aromatic rings. The zero-order chi connectivity index (χ0) is 66.9. The van der Waals surface area contributed by atoms with E-state index in [-0.39, 0.29) is 92.5 Å². The molecule has 0 amide bonds. The summed E-state index contributed by atoms with van der Waals surface area (Å²) in [6.07, 6.45) is 7.83. The van der Waals surface area contributed by atoms with Gasteiger partial charge in [0.05, 0.1) is 172 Å². The Balaban J connectivity index is 0.908. The molecule has 0 heterocycles. The molecule has 3 unspecified atom stereocenters. The van der Waals surface area contributed by atoms with Crippen LogP contribution < -0.4 is 9.80 Å². The van der Waals surface area contributed by atoms with E-state index in [4.69, 9.17) is 74.5 Å². The number of ether oxygens (including phenoxy) is 10. The first-order chi connectivity index (χ1) is 45.1. The number of hydrogen-bond acceptors (Lipinski definition) is 21. The van der Waals surface area contributed by atoms with Crippen molar-refractivity contribution in [1.82, 2.24) is 0 Å². The molecule has 24 nitrogen and oxygen atoms in total. The summed E-state index contributed by atoms with van der Waals surface area (Å²) < 4.78 is 121. The zero-order valence-electron chi connectivity index (χ0n) is 55.1. The van der Waals surface area contributed by atoms with Crippen molar-refractivity contribution >= 4 is 45.6 Å². The van der Waals surface area contributed by atoms with Gasteiger partial charge in [-0.3, -0.25) is 27.1 Å². The summed E-state index contributed by atoms with van der Waals surface area (Å²) in [4.78, 5) is 33.9. The molecule has 4 rings (SSSR count). The van der Waals surface area contributed by atoms with E-state index in [1.807, 2.05) is 64.6 Å². The Labute approximate surface area is 551 Å². The summed E-state index contributed by atoms with van der Waals surface area (Å²) in [6.45, 7) is 7.23. The fourth-order valence-corrected chi connectivity index (χ4v) is 10.6. The fourth-order valence-electron chi connectivity index (χ4n) is 8.42. The maximum Gasteiger partial charge on any atom is 0.472 e. The number of benzene rings is 4. The summed E-state index contributed by atoms with van der Waals surface area (Å²) >= 11 is 0. The third-order valence-corrected chi connectivity index (χ3v) is 16.4. The van der Waals surface area contributed by atoms with Crippen molar-refractivity contribution < 1.29 is 103 Å². The predicted molar refractivity (Wildman–Crippen MR) is 357 cm³/mol. The number of aryl methyl sites for hydroxylation is 1. The van der Waals surface area contributed by atoms with Gasteiger partial charge in [-0.05, 0) is 96.6 Å². The average Bonchev–Trinajstić information content (AvgIpc) is 0.794. The lowest BCUT2D eigenvalue weighted by Gasteiger charge is -2.13. The van der Waals surface area contributed by atoms with Crippen LogP contribution in [-0.4, -0.2) is 215 Å². The minimum Gasteiger partial charge on any atom is -0.378 e. The number of hydrogen-bond donors (Lipinski definition) is 3. The van der Waals surface area contributed by atoms with E-state index in [1.165, 1.54) is 0 Å². The summed E-state index contributed by atoms with van der Waals surface area (Å²) in [7, 11) is -4.57. The Morgan fingerprint density at radius 2 is 0.645 bits per heavy atom. The molecule has 0 aromatic heterocycles. The van der Waals surface area contributed by atoms with Gasteiger partial charge in [0.25, 0.3) is 0 Å². The van der Waals surface area contributed by atoms with Crippen LogP contribution in [0.15, 0.2) is 78.9 Å². The Morgan fingerprint density at radius 3 is 0.989 bits per heavy atom. The normalized spacial score (nSPS) is 13.4. The van der Waals surface area contributed by atoms with Gasteiger partial charge in [-0.1, -0.05) is 87.0 Å². The Bertz CT molecular complexity index is 2880. The summed E-state index contributed by atoms with van der Waals surface area (Å²) in [5, 5.41) is 2.07. The standard InChI is InChI=1S/C66H101N2O22P3/c1-6-7-8-9-14-31-85-91(69,70)87-53-49-81-45-41-77-37-33-75-35-39-79-43-47-83-51-55-89-93(73,74)90-56-52-84-48-44-80-40-36-76-34-38-78-42-46-82-50-54-88-92(71,72)86-32-15-10-11-16-60-57-61(25-19-58-20-26-62(27-21-58)67(2)3)64-17-12-13-18-66(64)65(60)30-24-59-22-28-63(29-23-59)68(4)5/h12-13,17-18,20-23,26-29,57H,6-11,14-16,31-56H2,1-5H3,(H,69,70)(H,71,72)(H,73,74). The molecule has 0 aliphatic heterocycles. The first-order valence-corrected chi connectivity index (χ1v) is 36.3. The Hall–Kier alpha value is -4.21. The molecule has 522 valence electrons. The molecule has 0 aliphatic rings. The summed E-state index contributed by atoms with van der Waals surface area (Å²) in [6, 6.07) is 26.8. The zero-order valence-corrected chi connectivity index (χ0v) is 57.8. The van der Waals surface area contributed by atoms with Crippen molar-refractivity contribution in [2.45, 2.75) is 64.7 Å². The van der Waals surface area contributed by atoms with Gasteiger partial charge < -0.3 is 71.8 Å². The van der Waals surface area contributed by atoms with E-state index in [9.17, 15) is 28.4 Å². The summed E-state index contributed by atoms with van der Waals surface area (Å²) in [5.74, 6) is 13.7. The highest BCUT2D eigenvalue weighted by atomic mass is 31.2. The molecule has 0 bridgehead atoms.